The van der Waals surface area contributed by atoms with Crippen molar-refractivity contribution in [1.29, 1.82) is 0 Å². The Morgan fingerprint density at radius 1 is 1.26 bits per heavy atom. The third-order valence-corrected chi connectivity index (χ3v) is 5.91. The van der Waals surface area contributed by atoms with Gasteiger partial charge in [-0.2, -0.15) is 0 Å². The summed E-state index contributed by atoms with van der Waals surface area (Å²) >= 11 is 0. The molecule has 1 unspecified atom stereocenters. The molecule has 0 bridgehead atoms. The molecule has 0 amide bonds. The summed E-state index contributed by atoms with van der Waals surface area (Å²) in [6.07, 6.45) is 4.64. The van der Waals surface area contributed by atoms with Gasteiger partial charge < -0.3 is 14.6 Å². The lowest BCUT2D eigenvalue weighted by Gasteiger charge is -2.45. The second-order valence-electron chi connectivity index (χ2n) is 8.54. The van der Waals surface area contributed by atoms with Crippen LogP contribution in [0.25, 0.3) is 10.9 Å². The van der Waals surface area contributed by atoms with Crippen LogP contribution in [0.1, 0.15) is 44.2 Å². The van der Waals surface area contributed by atoms with E-state index >= 15 is 0 Å². The number of hydrogen-bond acceptors (Lipinski definition) is 2. The zero-order chi connectivity index (χ0) is 16.4. The molecule has 0 saturated carbocycles. The van der Waals surface area contributed by atoms with Crippen molar-refractivity contribution >= 4 is 10.9 Å². The number of rotatable bonds is 1. The second-order valence-corrected chi connectivity index (χ2v) is 8.54. The first kappa shape index (κ1) is 15.2. The lowest BCUT2D eigenvalue weighted by molar-refractivity contribution is 0.0771. The standard InChI is InChI=1S/C20H28N2O/c1-20(2,3)22-11-14-9-18-16(8-13(12-23)10-21(18)4)15-6-5-7-17(22)19(14)15/h5-7,11,13,16,18,23H,8-10,12H2,1-4H3/t13-,16?,18+/m0/s1. The Morgan fingerprint density at radius 3 is 2.74 bits per heavy atom. The lowest BCUT2D eigenvalue weighted by Crippen LogP contribution is -2.48. The smallest absolute Gasteiger partial charge is 0.0491 e. The number of aromatic nitrogens is 1. The Kier molecular flexibility index (Phi) is 3.37. The van der Waals surface area contributed by atoms with Crippen molar-refractivity contribution in [2.75, 3.05) is 20.2 Å². The highest BCUT2D eigenvalue weighted by molar-refractivity contribution is 5.89. The summed E-state index contributed by atoms with van der Waals surface area (Å²) in [7, 11) is 2.23. The van der Waals surface area contributed by atoms with E-state index in [9.17, 15) is 5.11 Å². The average molecular weight is 312 g/mol. The number of likely N-dealkylation sites (tertiary alicyclic amines) is 1. The highest BCUT2D eigenvalue weighted by Gasteiger charge is 2.39. The fraction of sp³-hybridized carbons (Fsp3) is 0.600. The molecule has 2 heterocycles. The number of aliphatic hydroxyl groups excluding tert-OH is 1. The van der Waals surface area contributed by atoms with Crippen LogP contribution in [0.5, 0.6) is 0 Å². The monoisotopic (exact) mass is 312 g/mol. The van der Waals surface area contributed by atoms with Crippen LogP contribution < -0.4 is 0 Å². The van der Waals surface area contributed by atoms with E-state index in [0.717, 1.165) is 19.4 Å². The molecule has 2 aliphatic rings. The summed E-state index contributed by atoms with van der Waals surface area (Å²) in [4.78, 5) is 2.48. The molecule has 1 fully saturated rings. The summed E-state index contributed by atoms with van der Waals surface area (Å²) in [6, 6.07) is 7.38. The highest BCUT2D eigenvalue weighted by atomic mass is 16.3. The predicted octanol–water partition coefficient (Wildman–Crippen LogP) is 3.35. The molecule has 1 aliphatic heterocycles. The SMILES string of the molecule is CN1C[C@@H](CO)CC2c3cccc4c3c(cn4C(C)(C)C)C[C@H]21. The summed E-state index contributed by atoms with van der Waals surface area (Å²) in [5.74, 6) is 0.959. The van der Waals surface area contributed by atoms with Gasteiger partial charge >= 0.3 is 0 Å². The number of aliphatic hydroxyl groups is 1. The van der Waals surface area contributed by atoms with Gasteiger partial charge in [0.25, 0.3) is 0 Å². The molecule has 124 valence electrons. The molecular formula is C20H28N2O. The number of hydrogen-bond donors (Lipinski definition) is 1. The maximum atomic E-state index is 9.67. The number of nitrogens with zero attached hydrogens (tertiary/aromatic N) is 2. The van der Waals surface area contributed by atoms with E-state index in [1.54, 1.807) is 0 Å². The molecule has 3 atom stereocenters. The van der Waals surface area contributed by atoms with Crippen molar-refractivity contribution in [2.24, 2.45) is 5.92 Å². The zero-order valence-electron chi connectivity index (χ0n) is 14.7. The number of piperidine rings is 1. The van der Waals surface area contributed by atoms with Crippen LogP contribution in [0.15, 0.2) is 24.4 Å². The first-order valence-electron chi connectivity index (χ1n) is 8.84. The molecule has 1 N–H and O–H groups in total. The van der Waals surface area contributed by atoms with E-state index in [-0.39, 0.29) is 5.54 Å². The first-order valence-corrected chi connectivity index (χ1v) is 8.84. The minimum Gasteiger partial charge on any atom is -0.396 e. The Hall–Kier alpha value is -1.32. The molecule has 4 rings (SSSR count). The first-order chi connectivity index (χ1) is 10.9. The number of benzene rings is 1. The van der Waals surface area contributed by atoms with Gasteiger partial charge in [-0.3, -0.25) is 0 Å². The van der Waals surface area contributed by atoms with Crippen molar-refractivity contribution in [3.8, 4) is 0 Å². The Bertz CT molecular complexity index is 740. The quantitative estimate of drug-likeness (QED) is 0.875. The summed E-state index contributed by atoms with van der Waals surface area (Å²) in [5, 5.41) is 11.2. The number of fused-ring (bicyclic) bond motifs is 2. The third kappa shape index (κ3) is 2.25. The van der Waals surface area contributed by atoms with Crippen LogP contribution in [0.4, 0.5) is 0 Å². The molecule has 1 aromatic carbocycles. The van der Waals surface area contributed by atoms with Crippen molar-refractivity contribution in [3.05, 3.63) is 35.5 Å². The van der Waals surface area contributed by atoms with E-state index < -0.39 is 0 Å². The van der Waals surface area contributed by atoms with Crippen molar-refractivity contribution < 1.29 is 5.11 Å². The van der Waals surface area contributed by atoms with Crippen LogP contribution >= 0.6 is 0 Å². The van der Waals surface area contributed by atoms with Gasteiger partial charge in [-0.25, -0.2) is 0 Å². The molecule has 0 spiro atoms. The Balaban J connectivity index is 1.90. The molecular weight excluding hydrogens is 284 g/mol. The van der Waals surface area contributed by atoms with Gasteiger partial charge in [-0.15, -0.1) is 0 Å². The van der Waals surface area contributed by atoms with Gasteiger partial charge in [0.15, 0.2) is 0 Å². The van der Waals surface area contributed by atoms with Crippen molar-refractivity contribution in [1.82, 2.24) is 9.47 Å². The van der Waals surface area contributed by atoms with Gasteiger partial charge in [0.2, 0.25) is 0 Å². The van der Waals surface area contributed by atoms with E-state index in [1.807, 2.05) is 0 Å². The van der Waals surface area contributed by atoms with Crippen LogP contribution in [0.3, 0.4) is 0 Å². The second kappa shape index (κ2) is 5.09. The topological polar surface area (TPSA) is 28.4 Å². The fourth-order valence-electron chi connectivity index (χ4n) is 4.85. The van der Waals surface area contributed by atoms with Crippen LogP contribution in [-0.2, 0) is 12.0 Å². The van der Waals surface area contributed by atoms with Crippen LogP contribution in [0, 0.1) is 5.92 Å². The molecule has 1 aromatic heterocycles. The summed E-state index contributed by atoms with van der Waals surface area (Å²) in [5.41, 5.74) is 4.48. The molecule has 3 heteroatoms. The Labute approximate surface area is 138 Å². The maximum absolute atomic E-state index is 9.67. The molecule has 1 aliphatic carbocycles. The maximum Gasteiger partial charge on any atom is 0.0491 e. The van der Waals surface area contributed by atoms with Crippen LogP contribution in [0.2, 0.25) is 0 Å². The fourth-order valence-corrected chi connectivity index (χ4v) is 4.85. The average Bonchev–Trinajstić information content (AvgIpc) is 2.89. The van der Waals surface area contributed by atoms with Crippen molar-refractivity contribution in [2.45, 2.75) is 51.1 Å². The summed E-state index contributed by atoms with van der Waals surface area (Å²) < 4.78 is 2.45. The van der Waals surface area contributed by atoms with E-state index in [0.29, 0.717) is 24.5 Å². The van der Waals surface area contributed by atoms with E-state index in [4.69, 9.17) is 0 Å². The normalized spacial score (nSPS) is 28.1. The van der Waals surface area contributed by atoms with Gasteiger partial charge in [0.05, 0.1) is 0 Å². The third-order valence-electron chi connectivity index (χ3n) is 5.91. The molecule has 3 nitrogen and oxygen atoms in total. The minimum atomic E-state index is 0.101. The minimum absolute atomic E-state index is 0.101. The van der Waals surface area contributed by atoms with Gasteiger partial charge in [-0.1, -0.05) is 12.1 Å². The molecule has 2 aromatic rings. The number of likely N-dealkylation sites (N-methyl/N-ethyl adjacent to an activating group) is 1. The molecule has 1 saturated heterocycles. The molecule has 0 radical (unpaired) electrons. The Morgan fingerprint density at radius 2 is 2.04 bits per heavy atom. The van der Waals surface area contributed by atoms with E-state index in [1.165, 1.54) is 22.0 Å². The predicted molar refractivity (Wildman–Crippen MR) is 95.0 cm³/mol. The van der Waals surface area contributed by atoms with Gasteiger partial charge in [0.1, 0.15) is 0 Å². The van der Waals surface area contributed by atoms with E-state index in [2.05, 4.69) is 61.7 Å². The zero-order valence-corrected chi connectivity index (χ0v) is 14.7. The lowest BCUT2D eigenvalue weighted by atomic mass is 9.72. The van der Waals surface area contributed by atoms with Crippen molar-refractivity contribution in [3.63, 3.8) is 0 Å². The molecule has 23 heavy (non-hydrogen) atoms. The van der Waals surface area contributed by atoms with Crippen LogP contribution in [-0.4, -0.2) is 40.8 Å². The highest BCUT2D eigenvalue weighted by Crippen LogP contribution is 2.45. The largest absolute Gasteiger partial charge is 0.396 e. The van der Waals surface area contributed by atoms with Gasteiger partial charge in [-0.05, 0) is 63.8 Å². The summed E-state index contributed by atoms with van der Waals surface area (Å²) in [6.45, 7) is 8.16. The van der Waals surface area contributed by atoms with Gasteiger partial charge in [0, 0.05) is 47.8 Å².